The van der Waals surface area contributed by atoms with E-state index in [-0.39, 0.29) is 11.9 Å². The first-order valence-electron chi connectivity index (χ1n) is 7.90. The Hall–Kier alpha value is -2.10. The molecule has 0 saturated heterocycles. The van der Waals surface area contributed by atoms with Crippen LogP contribution in [0.25, 0.3) is 0 Å². The van der Waals surface area contributed by atoms with E-state index in [1.54, 1.807) is 17.6 Å². The van der Waals surface area contributed by atoms with Crippen LogP contribution < -0.4 is 10.6 Å². The molecule has 1 atom stereocenters. The van der Waals surface area contributed by atoms with Crippen LogP contribution >= 0.6 is 11.3 Å². The second-order valence-electron chi connectivity index (χ2n) is 5.82. The van der Waals surface area contributed by atoms with E-state index in [2.05, 4.69) is 11.4 Å². The standard InChI is InChI=1S/C17H19N3O2S/c1-11(14-6-4-8-22-14)19-10-16(21)20-17-13(9-18)12-5-2-3-7-15(12)23-17/h4,6,8,11,19H,2-3,5,7,10H2,1H3,(H,20,21)/p+1/t11-/m0/s1. The second kappa shape index (κ2) is 6.99. The molecule has 2 aromatic rings. The van der Waals surface area contributed by atoms with Gasteiger partial charge in [-0.15, -0.1) is 11.3 Å². The summed E-state index contributed by atoms with van der Waals surface area (Å²) in [6.45, 7) is 2.30. The highest BCUT2D eigenvalue weighted by atomic mass is 32.1. The van der Waals surface area contributed by atoms with E-state index in [1.807, 2.05) is 24.4 Å². The summed E-state index contributed by atoms with van der Waals surface area (Å²) >= 11 is 1.56. The lowest BCUT2D eigenvalue weighted by molar-refractivity contribution is -0.684. The molecule has 6 heteroatoms. The van der Waals surface area contributed by atoms with Crippen LogP contribution in [-0.4, -0.2) is 12.5 Å². The maximum atomic E-state index is 12.2. The van der Waals surface area contributed by atoms with Gasteiger partial charge in [0.05, 0.1) is 11.8 Å². The molecule has 1 aliphatic carbocycles. The zero-order valence-electron chi connectivity index (χ0n) is 13.1. The molecular weight excluding hydrogens is 310 g/mol. The van der Waals surface area contributed by atoms with E-state index in [1.165, 1.54) is 11.3 Å². The molecule has 0 radical (unpaired) electrons. The van der Waals surface area contributed by atoms with Gasteiger partial charge < -0.3 is 15.1 Å². The maximum absolute atomic E-state index is 12.2. The molecule has 0 fully saturated rings. The van der Waals surface area contributed by atoms with Crippen molar-refractivity contribution in [3.05, 3.63) is 40.2 Å². The highest BCUT2D eigenvalue weighted by Gasteiger charge is 2.22. The van der Waals surface area contributed by atoms with Crippen LogP contribution in [0.5, 0.6) is 0 Å². The Morgan fingerprint density at radius 3 is 3.09 bits per heavy atom. The Labute approximate surface area is 139 Å². The average Bonchev–Trinajstić information content (AvgIpc) is 3.19. The summed E-state index contributed by atoms with van der Waals surface area (Å²) in [7, 11) is 0. The van der Waals surface area contributed by atoms with E-state index >= 15 is 0 Å². The van der Waals surface area contributed by atoms with E-state index in [0.717, 1.165) is 30.6 Å². The lowest BCUT2D eigenvalue weighted by Gasteiger charge is -2.09. The molecule has 1 amide bonds. The van der Waals surface area contributed by atoms with Gasteiger partial charge in [-0.25, -0.2) is 0 Å². The van der Waals surface area contributed by atoms with Crippen molar-refractivity contribution in [3.8, 4) is 6.07 Å². The summed E-state index contributed by atoms with van der Waals surface area (Å²) in [6.07, 6.45) is 5.90. The topological polar surface area (TPSA) is 82.6 Å². The van der Waals surface area contributed by atoms with Crippen molar-refractivity contribution in [1.82, 2.24) is 0 Å². The molecule has 0 aliphatic heterocycles. The normalized spacial score (nSPS) is 14.8. The van der Waals surface area contributed by atoms with Gasteiger partial charge in [0.15, 0.2) is 12.3 Å². The number of carbonyl (C=O) groups excluding carboxylic acids is 1. The van der Waals surface area contributed by atoms with Crippen LogP contribution in [0.3, 0.4) is 0 Å². The molecule has 3 N–H and O–H groups in total. The number of rotatable bonds is 5. The molecule has 2 aromatic heterocycles. The van der Waals surface area contributed by atoms with Gasteiger partial charge in [-0.3, -0.25) is 4.79 Å². The molecule has 0 unspecified atom stereocenters. The first-order chi connectivity index (χ1) is 11.2. The largest absolute Gasteiger partial charge is 0.463 e. The summed E-state index contributed by atoms with van der Waals surface area (Å²) < 4.78 is 5.33. The van der Waals surface area contributed by atoms with E-state index in [0.29, 0.717) is 17.1 Å². The molecule has 23 heavy (non-hydrogen) atoms. The third-order valence-corrected chi connectivity index (χ3v) is 5.39. The van der Waals surface area contributed by atoms with Gasteiger partial charge in [0, 0.05) is 4.88 Å². The number of quaternary nitrogens is 1. The van der Waals surface area contributed by atoms with Crippen LogP contribution in [0.2, 0.25) is 0 Å². The monoisotopic (exact) mass is 330 g/mol. The smallest absolute Gasteiger partial charge is 0.280 e. The molecular formula is C17H20N3O2S+. The first kappa shape index (κ1) is 15.8. The van der Waals surface area contributed by atoms with Crippen LogP contribution in [0.1, 0.15) is 47.6 Å². The Kier molecular flexibility index (Phi) is 4.79. The summed E-state index contributed by atoms with van der Waals surface area (Å²) in [5.41, 5.74) is 1.81. The van der Waals surface area contributed by atoms with Crippen molar-refractivity contribution in [1.29, 1.82) is 5.26 Å². The number of fused-ring (bicyclic) bond motifs is 1. The van der Waals surface area contributed by atoms with Crippen LogP contribution in [0.15, 0.2) is 22.8 Å². The molecule has 2 heterocycles. The number of nitriles is 1. The van der Waals surface area contributed by atoms with Gasteiger partial charge in [0.2, 0.25) is 0 Å². The van der Waals surface area contributed by atoms with Gasteiger partial charge in [-0.05, 0) is 50.3 Å². The molecule has 0 aromatic carbocycles. The van der Waals surface area contributed by atoms with Gasteiger partial charge in [0.25, 0.3) is 5.91 Å². The predicted molar refractivity (Wildman–Crippen MR) is 88.2 cm³/mol. The van der Waals surface area contributed by atoms with Crippen molar-refractivity contribution < 1.29 is 14.5 Å². The number of hydrogen-bond donors (Lipinski definition) is 2. The van der Waals surface area contributed by atoms with Gasteiger partial charge in [-0.1, -0.05) is 0 Å². The summed E-state index contributed by atoms with van der Waals surface area (Å²) in [6, 6.07) is 6.10. The lowest BCUT2D eigenvalue weighted by atomic mass is 9.96. The van der Waals surface area contributed by atoms with Crippen molar-refractivity contribution in [2.24, 2.45) is 0 Å². The van der Waals surface area contributed by atoms with Gasteiger partial charge in [-0.2, -0.15) is 5.26 Å². The van der Waals surface area contributed by atoms with Crippen molar-refractivity contribution in [2.45, 2.75) is 38.6 Å². The highest BCUT2D eigenvalue weighted by molar-refractivity contribution is 7.16. The van der Waals surface area contributed by atoms with Crippen molar-refractivity contribution in [2.75, 3.05) is 11.9 Å². The van der Waals surface area contributed by atoms with E-state index in [9.17, 15) is 10.1 Å². The minimum Gasteiger partial charge on any atom is -0.463 e. The van der Waals surface area contributed by atoms with E-state index < -0.39 is 0 Å². The second-order valence-corrected chi connectivity index (χ2v) is 6.92. The highest BCUT2D eigenvalue weighted by Crippen LogP contribution is 2.37. The number of hydrogen-bond acceptors (Lipinski definition) is 4. The van der Waals surface area contributed by atoms with Crippen LogP contribution in [-0.2, 0) is 17.6 Å². The fraction of sp³-hybridized carbons (Fsp3) is 0.412. The Morgan fingerprint density at radius 1 is 1.52 bits per heavy atom. The maximum Gasteiger partial charge on any atom is 0.280 e. The Balaban J connectivity index is 1.62. The molecule has 0 saturated carbocycles. The fourth-order valence-corrected chi connectivity index (χ4v) is 4.16. The Morgan fingerprint density at radius 2 is 2.35 bits per heavy atom. The SMILES string of the molecule is C[C@H]([NH2+]CC(=O)Nc1sc2c(c1C#N)CCCC2)c1ccco1. The summed E-state index contributed by atoms with van der Waals surface area (Å²) in [5.74, 6) is 0.764. The molecule has 5 nitrogen and oxygen atoms in total. The average molecular weight is 330 g/mol. The molecule has 0 spiro atoms. The number of nitrogens with two attached hydrogens (primary N) is 1. The number of thiophene rings is 1. The first-order valence-corrected chi connectivity index (χ1v) is 8.72. The number of carbonyl (C=O) groups is 1. The quantitative estimate of drug-likeness (QED) is 0.883. The number of anilines is 1. The minimum absolute atomic E-state index is 0.0847. The third kappa shape index (κ3) is 3.46. The Bertz CT molecular complexity index is 728. The van der Waals surface area contributed by atoms with Crippen molar-refractivity contribution >= 4 is 22.2 Å². The van der Waals surface area contributed by atoms with Crippen molar-refractivity contribution in [3.63, 3.8) is 0 Å². The zero-order valence-corrected chi connectivity index (χ0v) is 13.9. The van der Waals surface area contributed by atoms with E-state index in [4.69, 9.17) is 4.42 Å². The van der Waals surface area contributed by atoms with Gasteiger partial charge >= 0.3 is 0 Å². The third-order valence-electron chi connectivity index (χ3n) is 4.18. The lowest BCUT2D eigenvalue weighted by Crippen LogP contribution is -2.86. The van der Waals surface area contributed by atoms with Gasteiger partial charge in [0.1, 0.15) is 17.1 Å². The van der Waals surface area contributed by atoms with Crippen LogP contribution in [0, 0.1) is 11.3 Å². The number of aryl methyl sites for hydroxylation is 1. The summed E-state index contributed by atoms with van der Waals surface area (Å²) in [5, 5.41) is 15.0. The number of nitrogens with one attached hydrogen (secondary N) is 1. The molecule has 0 bridgehead atoms. The predicted octanol–water partition coefficient (Wildman–Crippen LogP) is 2.35. The molecule has 120 valence electrons. The number of amides is 1. The molecule has 1 aliphatic rings. The zero-order chi connectivity index (χ0) is 16.2. The molecule has 3 rings (SSSR count). The minimum atomic E-state index is -0.0847. The fourth-order valence-electron chi connectivity index (χ4n) is 2.90. The summed E-state index contributed by atoms with van der Waals surface area (Å²) in [4.78, 5) is 13.5. The number of nitrogens with zero attached hydrogens (tertiary/aromatic N) is 1. The number of furan rings is 1. The van der Waals surface area contributed by atoms with Crippen LogP contribution in [0.4, 0.5) is 5.00 Å².